The first-order valence-corrected chi connectivity index (χ1v) is 9.00. The minimum atomic E-state index is -0.350. The largest absolute Gasteiger partial charge is 0.507 e. The van der Waals surface area contributed by atoms with Gasteiger partial charge in [-0.3, -0.25) is 4.79 Å². The summed E-state index contributed by atoms with van der Waals surface area (Å²) in [6.45, 7) is 12.3. The second-order valence-electron chi connectivity index (χ2n) is 8.79. The van der Waals surface area contributed by atoms with Gasteiger partial charge in [-0.25, -0.2) is 4.39 Å². The van der Waals surface area contributed by atoms with Crippen LogP contribution >= 0.6 is 0 Å². The van der Waals surface area contributed by atoms with E-state index >= 15 is 0 Å². The van der Waals surface area contributed by atoms with E-state index < -0.39 is 0 Å². The number of hydrogen-bond acceptors (Lipinski definition) is 2. The summed E-state index contributed by atoms with van der Waals surface area (Å²) in [6.07, 6.45) is 3.16. The highest BCUT2D eigenvalue weighted by molar-refractivity contribution is 6.01. The van der Waals surface area contributed by atoms with Crippen molar-refractivity contribution < 1.29 is 14.3 Å². The summed E-state index contributed by atoms with van der Waals surface area (Å²) < 4.78 is 12.9. The number of phenols is 1. The first kappa shape index (κ1) is 20.7. The number of hydrogen-bond donors (Lipinski definition) is 2. The Hall–Kier alpha value is -2.62. The third-order valence-corrected chi connectivity index (χ3v) is 4.29. The molecule has 144 valence electrons. The maximum absolute atomic E-state index is 12.9. The molecule has 0 unspecified atom stereocenters. The van der Waals surface area contributed by atoms with Crippen LogP contribution in [0.25, 0.3) is 6.08 Å². The molecule has 0 atom stereocenters. The van der Waals surface area contributed by atoms with Crippen molar-refractivity contribution >= 4 is 17.7 Å². The Morgan fingerprint density at radius 1 is 0.963 bits per heavy atom. The van der Waals surface area contributed by atoms with Crippen LogP contribution in [0.2, 0.25) is 0 Å². The number of aromatic hydroxyl groups is 1. The molecule has 2 aromatic rings. The fourth-order valence-electron chi connectivity index (χ4n) is 2.79. The van der Waals surface area contributed by atoms with E-state index in [0.29, 0.717) is 11.4 Å². The first-order valence-electron chi connectivity index (χ1n) is 9.00. The Morgan fingerprint density at radius 3 is 1.89 bits per heavy atom. The molecule has 0 spiro atoms. The molecule has 0 aromatic heterocycles. The predicted octanol–water partition coefficient (Wildman–Crippen LogP) is 5.78. The summed E-state index contributed by atoms with van der Waals surface area (Å²) in [4.78, 5) is 12.2. The molecule has 0 saturated carbocycles. The molecule has 0 heterocycles. The maximum atomic E-state index is 12.9. The summed E-state index contributed by atoms with van der Waals surface area (Å²) in [5.74, 6) is -0.343. The fourth-order valence-corrected chi connectivity index (χ4v) is 2.79. The second kappa shape index (κ2) is 7.55. The van der Waals surface area contributed by atoms with Gasteiger partial charge in [0.05, 0.1) is 0 Å². The molecule has 3 nitrogen and oxygen atoms in total. The molecule has 0 saturated heterocycles. The van der Waals surface area contributed by atoms with Crippen LogP contribution in [0.1, 0.15) is 58.2 Å². The number of carbonyl (C=O) groups excluding carboxylic acids is 1. The number of nitrogens with one attached hydrogen (secondary N) is 1. The molecule has 0 radical (unpaired) electrons. The van der Waals surface area contributed by atoms with E-state index in [4.69, 9.17) is 0 Å². The molecule has 2 aromatic carbocycles. The zero-order valence-electron chi connectivity index (χ0n) is 16.9. The molecule has 0 aliphatic carbocycles. The number of phenolic OH excluding ortho intramolecular Hbond substituents is 1. The monoisotopic (exact) mass is 369 g/mol. The molecular formula is C23H28FNO2. The van der Waals surface area contributed by atoms with Crippen molar-refractivity contribution in [3.63, 3.8) is 0 Å². The highest BCUT2D eigenvalue weighted by Crippen LogP contribution is 2.40. The Morgan fingerprint density at radius 2 is 1.44 bits per heavy atom. The predicted molar refractivity (Wildman–Crippen MR) is 110 cm³/mol. The van der Waals surface area contributed by atoms with Crippen LogP contribution in [-0.2, 0) is 15.6 Å². The molecule has 1 amide bonds. The lowest BCUT2D eigenvalue weighted by Crippen LogP contribution is -2.17. The van der Waals surface area contributed by atoms with Gasteiger partial charge in [0.15, 0.2) is 0 Å². The molecule has 4 heteroatoms. The zero-order chi connectivity index (χ0) is 20.4. The molecule has 0 bridgehead atoms. The lowest BCUT2D eigenvalue weighted by atomic mass is 9.78. The van der Waals surface area contributed by atoms with Gasteiger partial charge in [-0.1, -0.05) is 41.5 Å². The number of amides is 1. The topological polar surface area (TPSA) is 49.3 Å². The van der Waals surface area contributed by atoms with Gasteiger partial charge in [0.2, 0.25) is 5.91 Å². The highest BCUT2D eigenvalue weighted by atomic mass is 19.1. The lowest BCUT2D eigenvalue weighted by molar-refractivity contribution is -0.111. The number of halogens is 1. The van der Waals surface area contributed by atoms with Crippen molar-refractivity contribution in [1.82, 2.24) is 0 Å². The Balaban J connectivity index is 2.33. The number of carbonyl (C=O) groups is 1. The van der Waals surface area contributed by atoms with E-state index in [0.717, 1.165) is 16.7 Å². The minimum Gasteiger partial charge on any atom is -0.507 e. The van der Waals surface area contributed by atoms with Gasteiger partial charge in [0, 0.05) is 22.9 Å². The van der Waals surface area contributed by atoms with Crippen LogP contribution in [0.3, 0.4) is 0 Å². The van der Waals surface area contributed by atoms with Crippen LogP contribution in [0, 0.1) is 5.82 Å². The normalized spacial score (nSPS) is 12.4. The smallest absolute Gasteiger partial charge is 0.248 e. The van der Waals surface area contributed by atoms with Crippen LogP contribution in [0.5, 0.6) is 5.75 Å². The van der Waals surface area contributed by atoms with E-state index in [1.807, 2.05) is 53.7 Å². The molecule has 2 N–H and O–H groups in total. The molecule has 2 rings (SSSR count). The third kappa shape index (κ3) is 5.43. The molecule has 0 fully saturated rings. The lowest BCUT2D eigenvalue weighted by Gasteiger charge is -2.27. The first-order chi connectivity index (χ1) is 12.4. The zero-order valence-corrected chi connectivity index (χ0v) is 16.9. The van der Waals surface area contributed by atoms with Crippen molar-refractivity contribution in [3.05, 3.63) is 65.0 Å². The van der Waals surface area contributed by atoms with Crippen LogP contribution in [0.15, 0.2) is 42.5 Å². The number of rotatable bonds is 3. The Bertz CT molecular complexity index is 818. The van der Waals surface area contributed by atoms with Crippen molar-refractivity contribution in [2.75, 3.05) is 5.32 Å². The van der Waals surface area contributed by atoms with Gasteiger partial charge in [0.1, 0.15) is 11.6 Å². The van der Waals surface area contributed by atoms with Gasteiger partial charge in [-0.2, -0.15) is 0 Å². The van der Waals surface area contributed by atoms with E-state index in [-0.39, 0.29) is 22.6 Å². The Kier molecular flexibility index (Phi) is 5.79. The standard InChI is InChI=1S/C23H28FNO2/c1-22(2,3)18-13-15(14-19(21(18)27)23(4,5)6)7-12-20(26)25-17-10-8-16(24)9-11-17/h7-14,27H,1-6H3,(H,25,26)/b12-7+. The van der Waals surface area contributed by atoms with Gasteiger partial charge in [0.25, 0.3) is 0 Å². The van der Waals surface area contributed by atoms with E-state index in [9.17, 15) is 14.3 Å². The summed E-state index contributed by atoms with van der Waals surface area (Å²) >= 11 is 0. The summed E-state index contributed by atoms with van der Waals surface area (Å²) in [6, 6.07) is 9.43. The number of anilines is 1. The maximum Gasteiger partial charge on any atom is 0.248 e. The average Bonchev–Trinajstić information content (AvgIpc) is 2.54. The number of benzene rings is 2. The molecular weight excluding hydrogens is 341 g/mol. The van der Waals surface area contributed by atoms with Crippen molar-refractivity contribution in [2.45, 2.75) is 52.4 Å². The molecule has 27 heavy (non-hydrogen) atoms. The Labute approximate surface area is 160 Å². The molecule has 0 aliphatic rings. The van der Waals surface area contributed by atoms with Crippen molar-refractivity contribution in [2.24, 2.45) is 0 Å². The van der Waals surface area contributed by atoms with Crippen LogP contribution in [0.4, 0.5) is 10.1 Å². The quantitative estimate of drug-likeness (QED) is 0.674. The van der Waals surface area contributed by atoms with E-state index in [2.05, 4.69) is 5.32 Å². The highest BCUT2D eigenvalue weighted by Gasteiger charge is 2.26. The van der Waals surface area contributed by atoms with Crippen molar-refractivity contribution in [3.8, 4) is 5.75 Å². The third-order valence-electron chi connectivity index (χ3n) is 4.29. The minimum absolute atomic E-state index is 0.232. The summed E-state index contributed by atoms with van der Waals surface area (Å²) in [5, 5.41) is 13.4. The van der Waals surface area contributed by atoms with E-state index in [1.165, 1.54) is 30.3 Å². The van der Waals surface area contributed by atoms with E-state index in [1.54, 1.807) is 6.08 Å². The second-order valence-corrected chi connectivity index (χ2v) is 8.79. The SMILES string of the molecule is CC(C)(C)c1cc(/C=C/C(=O)Nc2ccc(F)cc2)cc(C(C)(C)C)c1O. The average molecular weight is 369 g/mol. The summed E-state index contributed by atoms with van der Waals surface area (Å²) in [5.41, 5.74) is 2.59. The van der Waals surface area contributed by atoms with Gasteiger partial charge in [-0.15, -0.1) is 0 Å². The van der Waals surface area contributed by atoms with Crippen LogP contribution in [-0.4, -0.2) is 11.0 Å². The molecule has 0 aliphatic heterocycles. The summed E-state index contributed by atoms with van der Waals surface area (Å²) in [7, 11) is 0. The van der Waals surface area contributed by atoms with Gasteiger partial charge in [-0.05, 0) is 58.9 Å². The van der Waals surface area contributed by atoms with Gasteiger partial charge >= 0.3 is 0 Å². The van der Waals surface area contributed by atoms with Crippen LogP contribution < -0.4 is 5.32 Å². The van der Waals surface area contributed by atoms with Crippen molar-refractivity contribution in [1.29, 1.82) is 0 Å². The fraction of sp³-hybridized carbons (Fsp3) is 0.348. The van der Waals surface area contributed by atoms with Gasteiger partial charge < -0.3 is 10.4 Å².